The van der Waals surface area contributed by atoms with Gasteiger partial charge in [0.2, 0.25) is 0 Å². The van der Waals surface area contributed by atoms with E-state index in [1.807, 2.05) is 0 Å². The molecule has 0 radical (unpaired) electrons. The van der Waals surface area contributed by atoms with Gasteiger partial charge in [0.15, 0.2) is 9.54 Å². The summed E-state index contributed by atoms with van der Waals surface area (Å²) < 4.78 is 2.54. The van der Waals surface area contributed by atoms with Crippen molar-refractivity contribution < 1.29 is 15.0 Å². The summed E-state index contributed by atoms with van der Waals surface area (Å²) in [7, 11) is 0. The van der Waals surface area contributed by atoms with Gasteiger partial charge >= 0.3 is 6.03 Å². The highest BCUT2D eigenvalue weighted by molar-refractivity contribution is 7.72. The molecule has 6 N–H and O–H groups in total. The third kappa shape index (κ3) is 3.92. The summed E-state index contributed by atoms with van der Waals surface area (Å²) in [5.41, 5.74) is 1.74. The van der Waals surface area contributed by atoms with Crippen LogP contribution in [-0.2, 0) is 6.54 Å². The van der Waals surface area contributed by atoms with E-state index in [4.69, 9.17) is 24.4 Å². The van der Waals surface area contributed by atoms with Gasteiger partial charge in [-0.2, -0.15) is 0 Å². The van der Waals surface area contributed by atoms with Gasteiger partial charge in [-0.3, -0.25) is 14.8 Å². The summed E-state index contributed by atoms with van der Waals surface area (Å²) in [6.45, 7) is 0.0673. The third-order valence-corrected chi connectivity index (χ3v) is 4.14. The van der Waals surface area contributed by atoms with Gasteiger partial charge in [-0.25, -0.2) is 4.79 Å². The molecule has 0 aliphatic carbocycles. The number of rotatable bonds is 4. The van der Waals surface area contributed by atoms with Gasteiger partial charge in [0.1, 0.15) is 11.5 Å². The first-order valence-corrected chi connectivity index (χ1v) is 8.31. The van der Waals surface area contributed by atoms with Crippen LogP contribution in [0.3, 0.4) is 0 Å². The van der Waals surface area contributed by atoms with E-state index >= 15 is 0 Å². The molecule has 3 aromatic rings. The number of H-pyrrole nitrogens is 2. The predicted molar refractivity (Wildman–Crippen MR) is 102 cm³/mol. The fraction of sp³-hybridized carbons (Fsp3) is 0.0625. The summed E-state index contributed by atoms with van der Waals surface area (Å²) in [5.74, 6) is 0.00420. The fourth-order valence-corrected chi connectivity index (χ4v) is 2.86. The Hall–Kier alpha value is -3.11. The lowest BCUT2D eigenvalue weighted by atomic mass is 10.2. The smallest absolute Gasteiger partial charge is 0.319 e. The number of carbonyl (C=O) groups excluding carboxylic acids is 1. The lowest BCUT2D eigenvalue weighted by Crippen LogP contribution is -2.28. The second kappa shape index (κ2) is 7.42. The van der Waals surface area contributed by atoms with Gasteiger partial charge in [0.25, 0.3) is 0 Å². The SMILES string of the molecule is O=C(NCc1cc(O)ccc1O)Nc1ccc(-n2c(=S)[nH][nH]c2=S)cc1. The molecule has 2 amide bonds. The summed E-state index contributed by atoms with van der Waals surface area (Å²) in [6.07, 6.45) is 0. The molecule has 0 spiro atoms. The van der Waals surface area contributed by atoms with Gasteiger partial charge in [-0.15, -0.1) is 0 Å². The second-order valence-electron chi connectivity index (χ2n) is 5.36. The zero-order valence-electron chi connectivity index (χ0n) is 13.3. The molecule has 3 rings (SSSR count). The van der Waals surface area contributed by atoms with Crippen LogP contribution in [0, 0.1) is 9.54 Å². The molecule has 26 heavy (non-hydrogen) atoms. The number of aromatic nitrogens is 3. The van der Waals surface area contributed by atoms with Crippen LogP contribution in [0.4, 0.5) is 10.5 Å². The maximum Gasteiger partial charge on any atom is 0.319 e. The van der Waals surface area contributed by atoms with Crippen LogP contribution in [0.1, 0.15) is 5.56 Å². The van der Waals surface area contributed by atoms with E-state index < -0.39 is 6.03 Å². The molecule has 10 heteroatoms. The number of aromatic amines is 2. The van der Waals surface area contributed by atoms with Crippen LogP contribution in [0.25, 0.3) is 5.69 Å². The summed E-state index contributed by atoms with van der Waals surface area (Å²) in [5, 5.41) is 29.9. The molecule has 0 fully saturated rings. The predicted octanol–water partition coefficient (Wildman–Crippen LogP) is 3.33. The van der Waals surface area contributed by atoms with Crippen LogP contribution in [0.15, 0.2) is 42.5 Å². The molecular weight excluding hydrogens is 374 g/mol. The minimum atomic E-state index is -0.448. The quantitative estimate of drug-likeness (QED) is 0.302. The Bertz CT molecular complexity index is 1030. The number of hydrogen-bond acceptors (Lipinski definition) is 5. The summed E-state index contributed by atoms with van der Waals surface area (Å²) >= 11 is 10.3. The van der Waals surface area contributed by atoms with E-state index in [2.05, 4.69) is 20.8 Å². The maximum absolute atomic E-state index is 12.0. The van der Waals surface area contributed by atoms with E-state index in [-0.39, 0.29) is 18.0 Å². The van der Waals surface area contributed by atoms with Gasteiger partial charge in [0.05, 0.1) is 5.69 Å². The van der Waals surface area contributed by atoms with Crippen molar-refractivity contribution in [3.8, 4) is 17.2 Å². The molecule has 0 aliphatic rings. The summed E-state index contributed by atoms with van der Waals surface area (Å²) in [6, 6.07) is 10.6. The Balaban J connectivity index is 1.64. The number of nitrogens with zero attached hydrogens (tertiary/aromatic N) is 1. The molecule has 0 aliphatic heterocycles. The first-order chi connectivity index (χ1) is 12.4. The maximum atomic E-state index is 12.0. The number of benzene rings is 2. The Morgan fingerprint density at radius 3 is 2.35 bits per heavy atom. The van der Waals surface area contributed by atoms with Crippen LogP contribution in [-0.4, -0.2) is 31.0 Å². The van der Waals surface area contributed by atoms with Gasteiger partial charge in [0, 0.05) is 17.8 Å². The Labute approximate surface area is 158 Å². The number of urea groups is 1. The van der Waals surface area contributed by atoms with Gasteiger partial charge < -0.3 is 20.8 Å². The minimum Gasteiger partial charge on any atom is -0.508 e. The van der Waals surface area contributed by atoms with Crippen molar-refractivity contribution in [3.05, 3.63) is 57.6 Å². The van der Waals surface area contributed by atoms with Crippen molar-refractivity contribution in [1.82, 2.24) is 20.1 Å². The molecule has 2 aromatic carbocycles. The van der Waals surface area contributed by atoms with Gasteiger partial charge in [-0.1, -0.05) is 0 Å². The van der Waals surface area contributed by atoms with E-state index in [9.17, 15) is 15.0 Å². The lowest BCUT2D eigenvalue weighted by Gasteiger charge is -2.10. The largest absolute Gasteiger partial charge is 0.508 e. The highest BCUT2D eigenvalue weighted by Gasteiger charge is 2.07. The molecule has 0 saturated heterocycles. The minimum absolute atomic E-state index is 0.00720. The molecule has 0 bridgehead atoms. The average molecular weight is 389 g/mol. The Kier molecular flexibility index (Phi) is 5.05. The number of nitrogens with one attached hydrogen (secondary N) is 4. The van der Waals surface area contributed by atoms with E-state index in [0.717, 1.165) is 5.69 Å². The first kappa shape index (κ1) is 17.7. The van der Waals surface area contributed by atoms with Crippen LogP contribution in [0.5, 0.6) is 11.5 Å². The first-order valence-electron chi connectivity index (χ1n) is 7.50. The molecule has 0 atom stereocenters. The van der Waals surface area contributed by atoms with Crippen LogP contribution >= 0.6 is 24.4 Å². The van der Waals surface area contributed by atoms with Crippen molar-refractivity contribution in [2.45, 2.75) is 6.54 Å². The molecule has 134 valence electrons. The zero-order valence-corrected chi connectivity index (χ0v) is 14.9. The highest BCUT2D eigenvalue weighted by Crippen LogP contribution is 2.21. The highest BCUT2D eigenvalue weighted by atomic mass is 32.1. The number of hydrogen-bond donors (Lipinski definition) is 6. The van der Waals surface area contributed by atoms with E-state index in [1.165, 1.54) is 18.2 Å². The zero-order chi connectivity index (χ0) is 18.7. The average Bonchev–Trinajstić information content (AvgIpc) is 2.95. The Morgan fingerprint density at radius 1 is 1.04 bits per heavy atom. The van der Waals surface area contributed by atoms with Crippen molar-refractivity contribution in [2.75, 3.05) is 5.32 Å². The Morgan fingerprint density at radius 2 is 1.69 bits per heavy atom. The van der Waals surface area contributed by atoms with Crippen molar-refractivity contribution in [3.63, 3.8) is 0 Å². The normalized spacial score (nSPS) is 10.5. The number of phenolic OH excluding ortho intramolecular Hbond substituents is 2. The fourth-order valence-electron chi connectivity index (χ4n) is 2.30. The van der Waals surface area contributed by atoms with Crippen molar-refractivity contribution >= 4 is 36.2 Å². The molecule has 1 aromatic heterocycles. The van der Waals surface area contributed by atoms with Crippen molar-refractivity contribution in [2.24, 2.45) is 0 Å². The number of carbonyl (C=O) groups is 1. The molecule has 0 unspecified atom stereocenters. The number of amides is 2. The number of anilines is 1. The molecule has 0 saturated carbocycles. The second-order valence-corrected chi connectivity index (χ2v) is 6.14. The molecule has 1 heterocycles. The molecule has 8 nitrogen and oxygen atoms in total. The lowest BCUT2D eigenvalue weighted by molar-refractivity contribution is 0.251. The number of phenols is 2. The van der Waals surface area contributed by atoms with E-state index in [1.54, 1.807) is 28.8 Å². The van der Waals surface area contributed by atoms with E-state index in [0.29, 0.717) is 20.8 Å². The third-order valence-electron chi connectivity index (χ3n) is 3.57. The summed E-state index contributed by atoms with van der Waals surface area (Å²) in [4.78, 5) is 12.0. The van der Waals surface area contributed by atoms with Gasteiger partial charge in [-0.05, 0) is 66.9 Å². The topological polar surface area (TPSA) is 118 Å². The van der Waals surface area contributed by atoms with Crippen molar-refractivity contribution in [1.29, 1.82) is 0 Å². The standard InChI is InChI=1S/C16H15N5O3S2/c22-12-5-6-13(23)9(7-12)8-17-14(24)18-10-1-3-11(4-2-10)21-15(25)19-20-16(21)26/h1-7,22-23H,8H2,(H,19,25)(H,20,26)(H2,17,18,24). The monoisotopic (exact) mass is 389 g/mol. The van der Waals surface area contributed by atoms with Crippen LogP contribution in [0.2, 0.25) is 0 Å². The number of aromatic hydroxyl groups is 2. The van der Waals surface area contributed by atoms with Crippen LogP contribution < -0.4 is 10.6 Å². The molecular formula is C16H15N5O3S2.